The van der Waals surface area contributed by atoms with Crippen LogP contribution >= 0.6 is 0 Å². The van der Waals surface area contributed by atoms with Gasteiger partial charge in [0.05, 0.1) is 0 Å². The molecule has 0 heterocycles. The third kappa shape index (κ3) is 1.26. The largest absolute Gasteiger partial charge is 0.481 e. The van der Waals surface area contributed by atoms with Gasteiger partial charge < -0.3 is 5.11 Å². The molecule has 11 heavy (non-hydrogen) atoms. The normalized spacial score (nSPS) is 41.3. The van der Waals surface area contributed by atoms with Crippen LogP contribution in [0.4, 0.5) is 0 Å². The first-order valence-corrected chi connectivity index (χ1v) is 4.47. The molecule has 0 radical (unpaired) electrons. The Hall–Kier alpha value is -0.530. The SMILES string of the molecule is O=C(O)CC1CC2CC[C@H]2C1. The lowest BCUT2D eigenvalue weighted by Gasteiger charge is -2.29. The molecule has 0 aromatic heterocycles. The molecule has 1 N–H and O–H groups in total. The van der Waals surface area contributed by atoms with E-state index < -0.39 is 5.97 Å². The zero-order valence-corrected chi connectivity index (χ0v) is 6.62. The highest BCUT2D eigenvalue weighted by molar-refractivity contribution is 5.67. The molecule has 2 nitrogen and oxygen atoms in total. The number of fused-ring (bicyclic) bond motifs is 1. The Morgan fingerprint density at radius 1 is 1.27 bits per heavy atom. The molecule has 62 valence electrons. The molecule has 0 spiro atoms. The minimum Gasteiger partial charge on any atom is -0.481 e. The molecule has 0 amide bonds. The highest BCUT2D eigenvalue weighted by atomic mass is 16.4. The van der Waals surface area contributed by atoms with Gasteiger partial charge in [-0.25, -0.2) is 0 Å². The fourth-order valence-electron chi connectivity index (χ4n) is 2.62. The second-order valence-electron chi connectivity index (χ2n) is 4.03. The quantitative estimate of drug-likeness (QED) is 0.659. The molecule has 0 saturated heterocycles. The number of hydrogen-bond acceptors (Lipinski definition) is 1. The summed E-state index contributed by atoms with van der Waals surface area (Å²) in [6, 6.07) is 0. The maximum Gasteiger partial charge on any atom is 0.303 e. The van der Waals surface area contributed by atoms with Crippen molar-refractivity contribution in [3.05, 3.63) is 0 Å². The summed E-state index contributed by atoms with van der Waals surface area (Å²) in [6.07, 6.45) is 5.52. The van der Waals surface area contributed by atoms with Crippen LogP contribution in [0.5, 0.6) is 0 Å². The minimum atomic E-state index is -0.615. The Morgan fingerprint density at radius 3 is 2.18 bits per heavy atom. The summed E-state index contributed by atoms with van der Waals surface area (Å²) in [5.41, 5.74) is 0. The predicted octanol–water partition coefficient (Wildman–Crippen LogP) is 1.90. The molecule has 0 aliphatic heterocycles. The van der Waals surface area contributed by atoms with Gasteiger partial charge in [-0.05, 0) is 43.4 Å². The third-order valence-corrected chi connectivity index (χ3v) is 3.31. The summed E-state index contributed by atoms with van der Waals surface area (Å²) >= 11 is 0. The van der Waals surface area contributed by atoms with Crippen molar-refractivity contribution in [3.8, 4) is 0 Å². The predicted molar refractivity (Wildman–Crippen MR) is 41.2 cm³/mol. The molecule has 2 fully saturated rings. The first-order chi connectivity index (χ1) is 5.25. The maximum absolute atomic E-state index is 10.4. The Labute approximate surface area is 66.6 Å². The van der Waals surface area contributed by atoms with Gasteiger partial charge in [0.15, 0.2) is 0 Å². The van der Waals surface area contributed by atoms with Crippen LogP contribution in [0.1, 0.15) is 32.1 Å². The van der Waals surface area contributed by atoms with Crippen molar-refractivity contribution < 1.29 is 9.90 Å². The van der Waals surface area contributed by atoms with Gasteiger partial charge in [-0.3, -0.25) is 4.79 Å². The van der Waals surface area contributed by atoms with E-state index in [9.17, 15) is 4.79 Å². The summed E-state index contributed by atoms with van der Waals surface area (Å²) in [5, 5.41) is 8.57. The second-order valence-corrected chi connectivity index (χ2v) is 4.03. The van der Waals surface area contributed by atoms with Gasteiger partial charge in [-0.2, -0.15) is 0 Å². The van der Waals surface area contributed by atoms with E-state index in [1.807, 2.05) is 0 Å². The average molecular weight is 154 g/mol. The van der Waals surface area contributed by atoms with Gasteiger partial charge in [0, 0.05) is 6.42 Å². The smallest absolute Gasteiger partial charge is 0.303 e. The molecule has 2 aliphatic carbocycles. The number of rotatable bonds is 2. The molecule has 2 rings (SSSR count). The molecule has 2 heteroatoms. The van der Waals surface area contributed by atoms with E-state index >= 15 is 0 Å². The number of aliphatic carboxylic acids is 1. The summed E-state index contributed by atoms with van der Waals surface area (Å²) in [5.74, 6) is 1.69. The summed E-state index contributed by atoms with van der Waals surface area (Å²) in [7, 11) is 0. The zero-order chi connectivity index (χ0) is 7.84. The van der Waals surface area contributed by atoms with Crippen LogP contribution in [0.25, 0.3) is 0 Å². The molecule has 0 bridgehead atoms. The lowest BCUT2D eigenvalue weighted by Crippen LogP contribution is -2.18. The lowest BCUT2D eigenvalue weighted by molar-refractivity contribution is -0.138. The lowest BCUT2D eigenvalue weighted by atomic mass is 9.77. The maximum atomic E-state index is 10.4. The topological polar surface area (TPSA) is 37.3 Å². The second kappa shape index (κ2) is 2.50. The molecule has 0 aromatic rings. The Bertz CT molecular complexity index is 164. The molecule has 2 unspecified atom stereocenters. The summed E-state index contributed by atoms with van der Waals surface area (Å²) < 4.78 is 0. The summed E-state index contributed by atoms with van der Waals surface area (Å²) in [4.78, 5) is 10.4. The van der Waals surface area contributed by atoms with Crippen molar-refractivity contribution in [2.24, 2.45) is 17.8 Å². The molecule has 2 saturated carbocycles. The van der Waals surface area contributed by atoms with E-state index in [0.717, 1.165) is 11.8 Å². The zero-order valence-electron chi connectivity index (χ0n) is 6.62. The Kier molecular flexibility index (Phi) is 1.63. The highest BCUT2D eigenvalue weighted by Crippen LogP contribution is 2.50. The van der Waals surface area contributed by atoms with E-state index in [4.69, 9.17) is 5.11 Å². The Balaban J connectivity index is 1.84. The first-order valence-electron chi connectivity index (χ1n) is 4.47. The van der Waals surface area contributed by atoms with Crippen LogP contribution in [0.15, 0.2) is 0 Å². The fourth-order valence-corrected chi connectivity index (χ4v) is 2.62. The van der Waals surface area contributed by atoms with Crippen LogP contribution in [-0.4, -0.2) is 11.1 Å². The van der Waals surface area contributed by atoms with Crippen LogP contribution in [0.3, 0.4) is 0 Å². The van der Waals surface area contributed by atoms with Crippen LogP contribution in [0, 0.1) is 17.8 Å². The van der Waals surface area contributed by atoms with Crippen LogP contribution in [0.2, 0.25) is 0 Å². The molecule has 2 aliphatic rings. The minimum absolute atomic E-state index is 0.410. The standard InChI is InChI=1S/C9H14O2/c10-9(11)5-6-3-7-1-2-8(7)4-6/h6-8H,1-5H2,(H,10,11)/t6?,7-,8?/m0/s1. The van der Waals surface area contributed by atoms with Gasteiger partial charge in [0.1, 0.15) is 0 Å². The van der Waals surface area contributed by atoms with Crippen LogP contribution in [-0.2, 0) is 4.79 Å². The van der Waals surface area contributed by atoms with Crippen molar-refractivity contribution in [1.82, 2.24) is 0 Å². The van der Waals surface area contributed by atoms with Crippen LogP contribution < -0.4 is 0 Å². The van der Waals surface area contributed by atoms with Gasteiger partial charge in [-0.15, -0.1) is 0 Å². The number of carbonyl (C=O) groups is 1. The highest BCUT2D eigenvalue weighted by Gasteiger charge is 2.40. The average Bonchev–Trinajstić information content (AvgIpc) is 2.12. The van der Waals surface area contributed by atoms with Gasteiger partial charge >= 0.3 is 5.97 Å². The van der Waals surface area contributed by atoms with Crippen molar-refractivity contribution in [1.29, 1.82) is 0 Å². The van der Waals surface area contributed by atoms with Gasteiger partial charge in [0.25, 0.3) is 0 Å². The molecule has 3 atom stereocenters. The number of carboxylic acids is 1. The van der Waals surface area contributed by atoms with E-state index in [1.54, 1.807) is 0 Å². The van der Waals surface area contributed by atoms with E-state index in [2.05, 4.69) is 0 Å². The molecular weight excluding hydrogens is 140 g/mol. The van der Waals surface area contributed by atoms with Crippen molar-refractivity contribution >= 4 is 5.97 Å². The van der Waals surface area contributed by atoms with E-state index in [1.165, 1.54) is 25.7 Å². The molecule has 0 aromatic carbocycles. The van der Waals surface area contributed by atoms with Gasteiger partial charge in [-0.1, -0.05) is 0 Å². The first kappa shape index (κ1) is 7.14. The van der Waals surface area contributed by atoms with E-state index in [0.29, 0.717) is 12.3 Å². The summed E-state index contributed by atoms with van der Waals surface area (Å²) in [6.45, 7) is 0. The van der Waals surface area contributed by atoms with Crippen molar-refractivity contribution in [3.63, 3.8) is 0 Å². The third-order valence-electron chi connectivity index (χ3n) is 3.31. The van der Waals surface area contributed by atoms with Crippen molar-refractivity contribution in [2.45, 2.75) is 32.1 Å². The number of hydrogen-bond donors (Lipinski definition) is 1. The van der Waals surface area contributed by atoms with E-state index in [-0.39, 0.29) is 0 Å². The number of carboxylic acid groups (broad SMARTS) is 1. The monoisotopic (exact) mass is 154 g/mol. The fraction of sp³-hybridized carbons (Fsp3) is 0.889. The molecular formula is C9H14O2. The Morgan fingerprint density at radius 2 is 1.82 bits per heavy atom. The van der Waals surface area contributed by atoms with Crippen molar-refractivity contribution in [2.75, 3.05) is 0 Å². The van der Waals surface area contributed by atoms with Gasteiger partial charge in [0.2, 0.25) is 0 Å².